The van der Waals surface area contributed by atoms with Gasteiger partial charge in [0, 0.05) is 16.8 Å². The Balaban J connectivity index is 1.87. The molecule has 0 bridgehead atoms. The Morgan fingerprint density at radius 2 is 1.55 bits per heavy atom. The van der Waals surface area contributed by atoms with Gasteiger partial charge < -0.3 is 23.4 Å². The van der Waals surface area contributed by atoms with Crippen LogP contribution in [0.1, 0.15) is 10.4 Å². The number of benzene rings is 3. The molecule has 1 heterocycles. The van der Waals surface area contributed by atoms with Crippen molar-refractivity contribution in [3.8, 4) is 23.0 Å². The van der Waals surface area contributed by atoms with E-state index in [1.54, 1.807) is 6.07 Å². The normalized spacial score (nSPS) is 11.0. The first kappa shape index (κ1) is 23.0. The van der Waals surface area contributed by atoms with E-state index in [4.69, 9.17) is 58.2 Å². The SMILES string of the molecule is COc1cc2c(=O)oc3cc(OC(=O)c4c(Cl)ccc(Cl)c4Cl)ccc3c2c(OC)c1OC. The predicted octanol–water partition coefficient (Wildman–Crippen LogP) is 6.15. The average Bonchev–Trinajstić information content (AvgIpc) is 2.80. The molecule has 0 atom stereocenters. The summed E-state index contributed by atoms with van der Waals surface area (Å²) in [6, 6.07) is 8.97. The number of methoxy groups -OCH3 is 3. The van der Waals surface area contributed by atoms with Gasteiger partial charge in [-0.15, -0.1) is 0 Å². The van der Waals surface area contributed by atoms with Gasteiger partial charge in [-0.25, -0.2) is 9.59 Å². The minimum atomic E-state index is -0.820. The Labute approximate surface area is 202 Å². The van der Waals surface area contributed by atoms with Crippen molar-refractivity contribution in [3.05, 3.63) is 67.4 Å². The van der Waals surface area contributed by atoms with Crippen molar-refractivity contribution in [2.45, 2.75) is 0 Å². The molecule has 0 aliphatic heterocycles. The van der Waals surface area contributed by atoms with Gasteiger partial charge in [0.2, 0.25) is 5.75 Å². The number of carbonyl (C=O) groups is 1. The molecule has 4 aromatic rings. The third-order valence-electron chi connectivity index (χ3n) is 4.93. The molecule has 0 N–H and O–H groups in total. The van der Waals surface area contributed by atoms with Crippen LogP contribution in [-0.2, 0) is 0 Å². The number of ether oxygens (including phenoxy) is 4. The monoisotopic (exact) mass is 508 g/mol. The smallest absolute Gasteiger partial charge is 0.346 e. The number of hydrogen-bond acceptors (Lipinski definition) is 7. The molecule has 0 radical (unpaired) electrons. The Morgan fingerprint density at radius 1 is 0.848 bits per heavy atom. The third-order valence-corrected chi connectivity index (χ3v) is 6.05. The van der Waals surface area contributed by atoms with Crippen LogP contribution < -0.4 is 24.6 Å². The second-order valence-corrected chi connectivity index (χ2v) is 7.92. The summed E-state index contributed by atoms with van der Waals surface area (Å²) in [6.45, 7) is 0. The van der Waals surface area contributed by atoms with Crippen molar-refractivity contribution >= 4 is 62.5 Å². The number of esters is 1. The molecule has 4 rings (SSSR count). The molecule has 170 valence electrons. The highest BCUT2D eigenvalue weighted by molar-refractivity contribution is 6.46. The topological polar surface area (TPSA) is 84.2 Å². The number of fused-ring (bicyclic) bond motifs is 3. The zero-order chi connectivity index (χ0) is 23.9. The second-order valence-electron chi connectivity index (χ2n) is 6.72. The Kier molecular flexibility index (Phi) is 6.30. The Bertz CT molecular complexity index is 1480. The van der Waals surface area contributed by atoms with Gasteiger partial charge in [0.05, 0.1) is 47.3 Å². The lowest BCUT2D eigenvalue weighted by molar-refractivity contribution is 0.0735. The molecule has 0 unspecified atom stereocenters. The zero-order valence-corrected chi connectivity index (χ0v) is 19.7. The van der Waals surface area contributed by atoms with E-state index in [9.17, 15) is 9.59 Å². The quantitative estimate of drug-likeness (QED) is 0.105. The number of halogens is 3. The summed E-state index contributed by atoms with van der Waals surface area (Å²) in [6.07, 6.45) is 0. The number of hydrogen-bond donors (Lipinski definition) is 0. The van der Waals surface area contributed by atoms with Crippen LogP contribution in [0.3, 0.4) is 0 Å². The number of carbonyl (C=O) groups excluding carboxylic acids is 1. The lowest BCUT2D eigenvalue weighted by Crippen LogP contribution is -2.10. The van der Waals surface area contributed by atoms with Crippen LogP contribution in [-0.4, -0.2) is 27.3 Å². The molecule has 0 aliphatic carbocycles. The van der Waals surface area contributed by atoms with Gasteiger partial charge in [0.25, 0.3) is 0 Å². The van der Waals surface area contributed by atoms with Gasteiger partial charge in [-0.05, 0) is 30.3 Å². The average molecular weight is 510 g/mol. The van der Waals surface area contributed by atoms with Crippen LogP contribution in [0, 0.1) is 0 Å². The van der Waals surface area contributed by atoms with E-state index in [1.807, 2.05) is 0 Å². The molecular weight excluding hydrogens is 495 g/mol. The molecule has 0 saturated carbocycles. The first-order valence-corrected chi connectivity index (χ1v) is 10.5. The largest absolute Gasteiger partial charge is 0.493 e. The summed E-state index contributed by atoms with van der Waals surface area (Å²) in [5.41, 5.74) is -0.558. The first-order valence-electron chi connectivity index (χ1n) is 9.35. The highest BCUT2D eigenvalue weighted by atomic mass is 35.5. The van der Waals surface area contributed by atoms with E-state index in [-0.39, 0.29) is 37.4 Å². The molecular formula is C23H15Cl3O7. The van der Waals surface area contributed by atoms with Gasteiger partial charge in [-0.3, -0.25) is 0 Å². The summed E-state index contributed by atoms with van der Waals surface area (Å²) in [4.78, 5) is 25.4. The fraction of sp³-hybridized carbons (Fsp3) is 0.130. The maximum Gasteiger partial charge on any atom is 0.346 e. The maximum atomic E-state index is 12.7. The van der Waals surface area contributed by atoms with E-state index in [0.29, 0.717) is 28.0 Å². The molecule has 10 heteroatoms. The molecule has 7 nitrogen and oxygen atoms in total. The standard InChI is InChI=1S/C23H15Cl3O7/c1-29-16-9-12-17(21(31-3)20(16)30-2)11-5-4-10(8-15(11)33-22(12)27)32-23(28)18-13(24)6-7-14(25)19(18)26/h4-9H,1-3H3. The molecule has 0 fully saturated rings. The maximum absolute atomic E-state index is 12.7. The fourth-order valence-electron chi connectivity index (χ4n) is 3.47. The zero-order valence-electron chi connectivity index (χ0n) is 17.5. The molecule has 0 aliphatic rings. The van der Waals surface area contributed by atoms with E-state index < -0.39 is 11.6 Å². The Morgan fingerprint density at radius 3 is 2.21 bits per heavy atom. The van der Waals surface area contributed by atoms with Crippen LogP contribution >= 0.6 is 34.8 Å². The Hall–Kier alpha value is -3.13. The lowest BCUT2D eigenvalue weighted by atomic mass is 10.0. The van der Waals surface area contributed by atoms with E-state index >= 15 is 0 Å². The molecule has 0 amide bonds. The van der Waals surface area contributed by atoms with Gasteiger partial charge in [-0.2, -0.15) is 0 Å². The number of rotatable bonds is 5. The molecule has 33 heavy (non-hydrogen) atoms. The van der Waals surface area contributed by atoms with Crippen LogP contribution in [0.25, 0.3) is 21.7 Å². The fourth-order valence-corrected chi connectivity index (χ4v) is 4.15. The first-order chi connectivity index (χ1) is 15.8. The van der Waals surface area contributed by atoms with Crippen molar-refractivity contribution in [1.29, 1.82) is 0 Å². The van der Waals surface area contributed by atoms with E-state index in [0.717, 1.165) is 0 Å². The van der Waals surface area contributed by atoms with Crippen molar-refractivity contribution in [3.63, 3.8) is 0 Å². The van der Waals surface area contributed by atoms with Crippen LogP contribution in [0.5, 0.6) is 23.0 Å². The molecule has 3 aromatic carbocycles. The van der Waals surface area contributed by atoms with Gasteiger partial charge in [-0.1, -0.05) is 34.8 Å². The highest BCUT2D eigenvalue weighted by Crippen LogP contribution is 2.45. The summed E-state index contributed by atoms with van der Waals surface area (Å²) in [7, 11) is 4.36. The van der Waals surface area contributed by atoms with Crippen LogP contribution in [0.15, 0.2) is 45.6 Å². The molecule has 0 spiro atoms. The van der Waals surface area contributed by atoms with Gasteiger partial charge in [0.1, 0.15) is 11.3 Å². The van der Waals surface area contributed by atoms with Crippen molar-refractivity contribution in [1.82, 2.24) is 0 Å². The summed E-state index contributed by atoms with van der Waals surface area (Å²) < 4.78 is 27.2. The summed E-state index contributed by atoms with van der Waals surface area (Å²) in [5.74, 6) is 0.210. The van der Waals surface area contributed by atoms with Gasteiger partial charge in [0.15, 0.2) is 11.5 Å². The van der Waals surface area contributed by atoms with Crippen LogP contribution in [0.4, 0.5) is 0 Å². The minimum Gasteiger partial charge on any atom is -0.493 e. The third kappa shape index (κ3) is 3.93. The molecule has 1 aromatic heterocycles. The van der Waals surface area contributed by atoms with Crippen molar-refractivity contribution in [2.75, 3.05) is 21.3 Å². The van der Waals surface area contributed by atoms with Crippen LogP contribution in [0.2, 0.25) is 15.1 Å². The van der Waals surface area contributed by atoms with Crippen molar-refractivity contribution in [2.24, 2.45) is 0 Å². The van der Waals surface area contributed by atoms with E-state index in [1.165, 1.54) is 51.7 Å². The van der Waals surface area contributed by atoms with Crippen molar-refractivity contribution < 1.29 is 28.2 Å². The minimum absolute atomic E-state index is 0.0294. The lowest BCUT2D eigenvalue weighted by Gasteiger charge is -2.15. The summed E-state index contributed by atoms with van der Waals surface area (Å²) >= 11 is 18.2. The predicted molar refractivity (Wildman–Crippen MR) is 126 cm³/mol. The van der Waals surface area contributed by atoms with E-state index in [2.05, 4.69) is 0 Å². The second kappa shape index (κ2) is 9.02. The summed E-state index contributed by atoms with van der Waals surface area (Å²) in [5, 5.41) is 1.43. The molecule has 0 saturated heterocycles. The highest BCUT2D eigenvalue weighted by Gasteiger charge is 2.23. The van der Waals surface area contributed by atoms with Gasteiger partial charge >= 0.3 is 11.6 Å².